The van der Waals surface area contributed by atoms with Gasteiger partial charge in [-0.3, -0.25) is 0 Å². The highest BCUT2D eigenvalue weighted by atomic mass is 32.2. The van der Waals surface area contributed by atoms with Crippen molar-refractivity contribution >= 4 is 15.7 Å². The first kappa shape index (κ1) is 20.1. The van der Waals surface area contributed by atoms with Crippen LogP contribution in [0.3, 0.4) is 0 Å². The van der Waals surface area contributed by atoms with E-state index >= 15 is 0 Å². The van der Waals surface area contributed by atoms with Gasteiger partial charge < -0.3 is 5.43 Å². The summed E-state index contributed by atoms with van der Waals surface area (Å²) in [6.45, 7) is 5.75. The van der Waals surface area contributed by atoms with Gasteiger partial charge in [-0.05, 0) is 23.1 Å². The summed E-state index contributed by atoms with van der Waals surface area (Å²) in [6, 6.07) is 5.60. The summed E-state index contributed by atoms with van der Waals surface area (Å²) >= 11 is 0. The SMILES string of the molecule is CC(C)(C)c1ccc(S(=O)(=O)NNc2c(F)c(F)c(F)c(F)c2F)cc1. The van der Waals surface area contributed by atoms with Crippen molar-refractivity contribution in [3.63, 3.8) is 0 Å². The van der Waals surface area contributed by atoms with Crippen molar-refractivity contribution in [1.82, 2.24) is 4.83 Å². The fraction of sp³-hybridized carbons (Fsp3) is 0.250. The number of rotatable bonds is 4. The van der Waals surface area contributed by atoms with Crippen LogP contribution < -0.4 is 10.3 Å². The normalized spacial score (nSPS) is 12.3. The first-order valence-electron chi connectivity index (χ1n) is 7.26. The largest absolute Gasteiger partial charge is 0.302 e. The maximum Gasteiger partial charge on any atom is 0.257 e. The molecule has 0 saturated carbocycles. The van der Waals surface area contributed by atoms with Crippen LogP contribution in [0.15, 0.2) is 29.2 Å². The molecule has 0 spiro atoms. The third kappa shape index (κ3) is 3.80. The minimum absolute atomic E-state index is 0.233. The number of hydrogen-bond acceptors (Lipinski definition) is 3. The smallest absolute Gasteiger partial charge is 0.257 e. The second kappa shape index (κ2) is 6.84. The fourth-order valence-electron chi connectivity index (χ4n) is 2.03. The van der Waals surface area contributed by atoms with Gasteiger partial charge in [-0.1, -0.05) is 32.9 Å². The second-order valence-corrected chi connectivity index (χ2v) is 8.13. The van der Waals surface area contributed by atoms with Gasteiger partial charge >= 0.3 is 0 Å². The van der Waals surface area contributed by atoms with Crippen LogP contribution in [0.4, 0.5) is 27.6 Å². The molecule has 0 aliphatic rings. The van der Waals surface area contributed by atoms with Gasteiger partial charge in [0.15, 0.2) is 23.3 Å². The third-order valence-corrected chi connectivity index (χ3v) is 4.81. The Morgan fingerprint density at radius 3 is 1.62 bits per heavy atom. The summed E-state index contributed by atoms with van der Waals surface area (Å²) in [7, 11) is -4.32. The lowest BCUT2D eigenvalue weighted by Crippen LogP contribution is -2.31. The summed E-state index contributed by atoms with van der Waals surface area (Å²) in [6.07, 6.45) is 0. The van der Waals surface area contributed by atoms with Gasteiger partial charge in [-0.15, -0.1) is 4.83 Å². The molecule has 0 bridgehead atoms. The van der Waals surface area contributed by atoms with Crippen LogP contribution in [-0.2, 0) is 15.4 Å². The van der Waals surface area contributed by atoms with Crippen molar-refractivity contribution < 1.29 is 30.4 Å². The Labute approximate surface area is 147 Å². The summed E-state index contributed by atoms with van der Waals surface area (Å²) < 4.78 is 90.6. The van der Waals surface area contributed by atoms with E-state index in [9.17, 15) is 30.4 Å². The van der Waals surface area contributed by atoms with E-state index in [0.29, 0.717) is 0 Å². The molecule has 0 aromatic heterocycles. The van der Waals surface area contributed by atoms with Crippen LogP contribution in [0.25, 0.3) is 0 Å². The van der Waals surface area contributed by atoms with Crippen molar-refractivity contribution in [1.29, 1.82) is 0 Å². The molecule has 0 amide bonds. The van der Waals surface area contributed by atoms with E-state index in [4.69, 9.17) is 0 Å². The molecule has 0 fully saturated rings. The van der Waals surface area contributed by atoms with Gasteiger partial charge in [0, 0.05) is 0 Å². The Bertz CT molecular complexity index is 910. The fourth-order valence-corrected chi connectivity index (χ4v) is 2.87. The van der Waals surface area contributed by atoms with Gasteiger partial charge in [0.05, 0.1) is 4.90 Å². The van der Waals surface area contributed by atoms with E-state index in [1.54, 1.807) is 17.0 Å². The van der Waals surface area contributed by atoms with Gasteiger partial charge in [0.25, 0.3) is 10.0 Å². The van der Waals surface area contributed by atoms with Crippen LogP contribution in [0.5, 0.6) is 0 Å². The van der Waals surface area contributed by atoms with Gasteiger partial charge in [0.1, 0.15) is 5.69 Å². The van der Waals surface area contributed by atoms with Crippen LogP contribution in [0, 0.1) is 29.1 Å². The molecular formula is C16H15F5N2O2S. The van der Waals surface area contributed by atoms with Crippen molar-refractivity contribution in [3.05, 3.63) is 58.9 Å². The number of halogens is 5. The molecule has 0 radical (unpaired) electrons. The molecule has 0 aliphatic carbocycles. The van der Waals surface area contributed by atoms with Crippen molar-refractivity contribution in [2.24, 2.45) is 0 Å². The monoisotopic (exact) mass is 394 g/mol. The first-order chi connectivity index (χ1) is 11.9. The zero-order valence-corrected chi connectivity index (χ0v) is 14.7. The standard InChI is InChI=1S/C16H15F5N2O2S/c1-16(2,3)8-4-6-9(7-5-8)26(24,25)23-22-15-13(20)11(18)10(17)12(19)14(15)21/h4-7,22-23H,1-3H3. The molecule has 0 saturated heterocycles. The Hall–Kier alpha value is -2.20. The molecule has 2 aromatic rings. The first-order valence-corrected chi connectivity index (χ1v) is 8.74. The lowest BCUT2D eigenvalue weighted by molar-refractivity contribution is 0.381. The molecule has 0 unspecified atom stereocenters. The number of hydrazine groups is 1. The average Bonchev–Trinajstić information content (AvgIpc) is 2.57. The van der Waals surface area contributed by atoms with Crippen LogP contribution in [-0.4, -0.2) is 8.42 Å². The van der Waals surface area contributed by atoms with E-state index in [1.807, 2.05) is 20.8 Å². The molecule has 10 heteroatoms. The summed E-state index contributed by atoms with van der Waals surface area (Å²) in [5.41, 5.74) is 0.640. The molecule has 2 aromatic carbocycles. The number of anilines is 1. The highest BCUT2D eigenvalue weighted by Crippen LogP contribution is 2.27. The van der Waals surface area contributed by atoms with E-state index in [1.165, 1.54) is 17.6 Å². The molecule has 0 aliphatic heterocycles. The Balaban J connectivity index is 2.30. The highest BCUT2D eigenvalue weighted by Gasteiger charge is 2.27. The number of sulfonamides is 1. The Kier molecular flexibility index (Phi) is 5.29. The second-order valence-electron chi connectivity index (χ2n) is 6.45. The third-order valence-electron chi connectivity index (χ3n) is 3.55. The number of benzene rings is 2. The van der Waals surface area contributed by atoms with Crippen molar-refractivity contribution in [2.75, 3.05) is 5.43 Å². The van der Waals surface area contributed by atoms with Gasteiger partial charge in [-0.2, -0.15) is 0 Å². The number of nitrogens with one attached hydrogen (secondary N) is 2. The summed E-state index contributed by atoms with van der Waals surface area (Å²) in [5.74, 6) is -11.1. The molecule has 2 rings (SSSR count). The minimum Gasteiger partial charge on any atom is -0.302 e. The van der Waals surface area contributed by atoms with Gasteiger partial charge in [-0.25, -0.2) is 30.4 Å². The molecule has 2 N–H and O–H groups in total. The van der Waals surface area contributed by atoms with E-state index in [-0.39, 0.29) is 10.3 Å². The maximum absolute atomic E-state index is 13.5. The Morgan fingerprint density at radius 1 is 0.769 bits per heavy atom. The zero-order chi connectivity index (χ0) is 19.9. The van der Waals surface area contributed by atoms with Crippen LogP contribution >= 0.6 is 0 Å². The molecule has 26 heavy (non-hydrogen) atoms. The number of hydrogen-bond donors (Lipinski definition) is 2. The molecule has 4 nitrogen and oxygen atoms in total. The molecule has 0 heterocycles. The van der Waals surface area contributed by atoms with Crippen LogP contribution in [0.2, 0.25) is 0 Å². The lowest BCUT2D eigenvalue weighted by atomic mass is 9.87. The van der Waals surface area contributed by atoms with Crippen LogP contribution in [0.1, 0.15) is 26.3 Å². The maximum atomic E-state index is 13.5. The van der Waals surface area contributed by atoms with Crippen molar-refractivity contribution in [3.8, 4) is 0 Å². The minimum atomic E-state index is -4.32. The zero-order valence-electron chi connectivity index (χ0n) is 13.9. The predicted molar refractivity (Wildman–Crippen MR) is 85.3 cm³/mol. The average molecular weight is 394 g/mol. The molecule has 142 valence electrons. The molecular weight excluding hydrogens is 379 g/mol. The lowest BCUT2D eigenvalue weighted by Gasteiger charge is -2.19. The predicted octanol–water partition coefficient (Wildman–Crippen LogP) is 3.99. The van der Waals surface area contributed by atoms with E-state index in [2.05, 4.69) is 0 Å². The topological polar surface area (TPSA) is 58.2 Å². The summed E-state index contributed by atoms with van der Waals surface area (Å²) in [4.78, 5) is 1.33. The van der Waals surface area contributed by atoms with Gasteiger partial charge in [0.2, 0.25) is 5.82 Å². The quantitative estimate of drug-likeness (QED) is 0.357. The molecule has 0 atom stereocenters. The van der Waals surface area contributed by atoms with E-state index in [0.717, 1.165) is 5.56 Å². The Morgan fingerprint density at radius 2 is 1.19 bits per heavy atom. The highest BCUT2D eigenvalue weighted by molar-refractivity contribution is 7.89. The van der Waals surface area contributed by atoms with E-state index < -0.39 is 44.8 Å². The summed E-state index contributed by atoms with van der Waals surface area (Å²) in [5, 5.41) is 0. The van der Waals surface area contributed by atoms with Crippen molar-refractivity contribution in [2.45, 2.75) is 31.1 Å².